The molecule has 1 rings (SSSR count). The summed E-state index contributed by atoms with van der Waals surface area (Å²) in [4.78, 5) is 25.2. The molecule has 0 radical (unpaired) electrons. The molecule has 0 saturated heterocycles. The van der Waals surface area contributed by atoms with Crippen molar-refractivity contribution >= 4 is 11.9 Å². The van der Waals surface area contributed by atoms with Crippen LogP contribution in [0.1, 0.15) is 20.7 Å². The van der Waals surface area contributed by atoms with Gasteiger partial charge in [-0.25, -0.2) is 9.59 Å². The fourth-order valence-corrected chi connectivity index (χ4v) is 0.939. The molecular formula is C8H7NO5. The molecular weight excluding hydrogens is 190 g/mol. The van der Waals surface area contributed by atoms with Crippen LogP contribution in [0.4, 0.5) is 0 Å². The first-order valence-corrected chi connectivity index (χ1v) is 3.56. The Morgan fingerprint density at radius 1 is 1.43 bits per heavy atom. The zero-order chi connectivity index (χ0) is 10.7. The molecule has 0 aliphatic heterocycles. The summed E-state index contributed by atoms with van der Waals surface area (Å²) < 4.78 is 4.33. The Hall–Kier alpha value is -2.11. The van der Waals surface area contributed by atoms with Crippen LogP contribution in [-0.2, 0) is 4.74 Å². The van der Waals surface area contributed by atoms with E-state index in [2.05, 4.69) is 9.72 Å². The average Bonchev–Trinajstić information content (AvgIpc) is 2.15. The van der Waals surface area contributed by atoms with Gasteiger partial charge in [-0.05, 0) is 0 Å². The Morgan fingerprint density at radius 2 is 2.07 bits per heavy atom. The zero-order valence-electron chi connectivity index (χ0n) is 7.22. The third-order valence-electron chi connectivity index (χ3n) is 1.55. The number of hydrogen-bond acceptors (Lipinski definition) is 5. The van der Waals surface area contributed by atoms with Gasteiger partial charge < -0.3 is 14.9 Å². The number of esters is 1. The number of pyridine rings is 1. The minimum Gasteiger partial charge on any atom is -0.505 e. The predicted molar refractivity (Wildman–Crippen MR) is 44.2 cm³/mol. The molecule has 0 amide bonds. The van der Waals surface area contributed by atoms with Crippen molar-refractivity contribution in [2.45, 2.75) is 0 Å². The van der Waals surface area contributed by atoms with Crippen LogP contribution >= 0.6 is 0 Å². The van der Waals surface area contributed by atoms with Crippen molar-refractivity contribution in [3.05, 3.63) is 23.5 Å². The topological polar surface area (TPSA) is 96.7 Å². The lowest BCUT2D eigenvalue weighted by Gasteiger charge is -2.04. The van der Waals surface area contributed by atoms with Crippen molar-refractivity contribution in [3.8, 4) is 5.75 Å². The minimum atomic E-state index is -1.41. The van der Waals surface area contributed by atoms with Crippen LogP contribution < -0.4 is 0 Å². The van der Waals surface area contributed by atoms with Gasteiger partial charge >= 0.3 is 11.9 Å². The normalized spacial score (nSPS) is 9.50. The number of carbonyl (C=O) groups excluding carboxylic acids is 1. The van der Waals surface area contributed by atoms with E-state index in [4.69, 9.17) is 10.2 Å². The summed E-state index contributed by atoms with van der Waals surface area (Å²) in [7, 11) is 1.11. The highest BCUT2D eigenvalue weighted by molar-refractivity contribution is 6.03. The second kappa shape index (κ2) is 3.73. The lowest BCUT2D eigenvalue weighted by Crippen LogP contribution is -2.10. The first-order valence-electron chi connectivity index (χ1n) is 3.56. The Bertz CT molecular complexity index is 387. The van der Waals surface area contributed by atoms with E-state index in [-0.39, 0.29) is 5.56 Å². The van der Waals surface area contributed by atoms with E-state index in [9.17, 15) is 9.59 Å². The van der Waals surface area contributed by atoms with E-state index in [1.54, 1.807) is 0 Å². The van der Waals surface area contributed by atoms with Gasteiger partial charge in [-0.15, -0.1) is 0 Å². The number of carboxylic acid groups (broad SMARTS) is 1. The van der Waals surface area contributed by atoms with Crippen molar-refractivity contribution in [2.24, 2.45) is 0 Å². The number of nitrogens with zero attached hydrogens (tertiary/aromatic N) is 1. The number of ether oxygens (including phenoxy) is 1. The predicted octanol–water partition coefficient (Wildman–Crippen LogP) is 0.272. The molecule has 1 aromatic heterocycles. The summed E-state index contributed by atoms with van der Waals surface area (Å²) in [6, 6.07) is 0. The minimum absolute atomic E-state index is 0.278. The first-order chi connectivity index (χ1) is 6.57. The van der Waals surface area contributed by atoms with Crippen LogP contribution in [0.2, 0.25) is 0 Å². The number of aromatic carboxylic acids is 1. The van der Waals surface area contributed by atoms with Gasteiger partial charge in [0.25, 0.3) is 0 Å². The van der Waals surface area contributed by atoms with Crippen LogP contribution in [0.15, 0.2) is 12.4 Å². The van der Waals surface area contributed by atoms with Crippen LogP contribution in [0, 0.1) is 0 Å². The molecule has 0 fully saturated rings. The largest absolute Gasteiger partial charge is 0.505 e. The monoisotopic (exact) mass is 197 g/mol. The van der Waals surface area contributed by atoms with Crippen LogP contribution in [0.3, 0.4) is 0 Å². The van der Waals surface area contributed by atoms with Gasteiger partial charge in [-0.2, -0.15) is 0 Å². The highest BCUT2D eigenvalue weighted by atomic mass is 16.5. The zero-order valence-corrected chi connectivity index (χ0v) is 7.22. The average molecular weight is 197 g/mol. The number of carboxylic acids is 1. The molecule has 0 spiro atoms. The van der Waals surface area contributed by atoms with Gasteiger partial charge in [0, 0.05) is 6.20 Å². The molecule has 6 nitrogen and oxygen atoms in total. The van der Waals surface area contributed by atoms with Crippen molar-refractivity contribution in [1.29, 1.82) is 0 Å². The Balaban J connectivity index is 3.35. The maximum Gasteiger partial charge on any atom is 0.340 e. The molecule has 0 unspecified atom stereocenters. The molecule has 0 bridgehead atoms. The fourth-order valence-electron chi connectivity index (χ4n) is 0.939. The number of rotatable bonds is 2. The van der Waals surface area contributed by atoms with E-state index in [1.807, 2.05) is 0 Å². The summed E-state index contributed by atoms with van der Waals surface area (Å²) in [5, 5.41) is 17.9. The molecule has 1 aromatic rings. The third-order valence-corrected chi connectivity index (χ3v) is 1.55. The Kier molecular flexibility index (Phi) is 2.66. The molecule has 0 saturated carbocycles. The van der Waals surface area contributed by atoms with Crippen LogP contribution in [-0.4, -0.2) is 34.2 Å². The molecule has 14 heavy (non-hydrogen) atoms. The van der Waals surface area contributed by atoms with E-state index in [0.717, 1.165) is 19.5 Å². The van der Waals surface area contributed by atoms with Crippen molar-refractivity contribution in [3.63, 3.8) is 0 Å². The summed E-state index contributed by atoms with van der Waals surface area (Å²) in [5.41, 5.74) is -0.785. The van der Waals surface area contributed by atoms with Gasteiger partial charge in [0.1, 0.15) is 11.3 Å². The second-order valence-corrected chi connectivity index (χ2v) is 2.38. The van der Waals surface area contributed by atoms with Crippen molar-refractivity contribution < 1.29 is 24.5 Å². The van der Waals surface area contributed by atoms with Gasteiger partial charge in [0.05, 0.1) is 18.9 Å². The Labute approximate surface area is 78.8 Å². The second-order valence-electron chi connectivity index (χ2n) is 2.38. The molecule has 6 heteroatoms. The molecule has 1 heterocycles. The van der Waals surface area contributed by atoms with Gasteiger partial charge in [0.15, 0.2) is 0 Å². The lowest BCUT2D eigenvalue weighted by molar-refractivity contribution is 0.0580. The highest BCUT2D eigenvalue weighted by Crippen LogP contribution is 2.19. The maximum absolute atomic E-state index is 11.1. The van der Waals surface area contributed by atoms with E-state index in [1.165, 1.54) is 0 Å². The molecule has 0 aliphatic carbocycles. The third kappa shape index (κ3) is 1.63. The number of hydrogen-bond donors (Lipinski definition) is 2. The fraction of sp³-hybridized carbons (Fsp3) is 0.125. The van der Waals surface area contributed by atoms with Gasteiger partial charge in [0.2, 0.25) is 0 Å². The van der Waals surface area contributed by atoms with Crippen molar-refractivity contribution in [1.82, 2.24) is 4.98 Å². The lowest BCUT2D eigenvalue weighted by atomic mass is 10.1. The van der Waals surface area contributed by atoms with E-state index >= 15 is 0 Å². The summed E-state index contributed by atoms with van der Waals surface area (Å²) in [5.74, 6) is -2.84. The molecule has 0 aromatic carbocycles. The standard InChI is InChI=1S/C8H7NO5/c1-14-8(13)4-2-9-3-5(10)6(4)7(11)12/h2-3,10H,1H3,(H,11,12). The smallest absolute Gasteiger partial charge is 0.340 e. The maximum atomic E-state index is 11.1. The molecule has 0 atom stereocenters. The van der Waals surface area contributed by atoms with Crippen LogP contribution in [0.25, 0.3) is 0 Å². The number of carbonyl (C=O) groups is 2. The first kappa shape index (κ1) is 9.97. The highest BCUT2D eigenvalue weighted by Gasteiger charge is 2.21. The van der Waals surface area contributed by atoms with Crippen molar-refractivity contribution in [2.75, 3.05) is 7.11 Å². The Morgan fingerprint density at radius 3 is 2.57 bits per heavy atom. The van der Waals surface area contributed by atoms with Crippen LogP contribution in [0.5, 0.6) is 5.75 Å². The molecule has 2 N–H and O–H groups in total. The van der Waals surface area contributed by atoms with Gasteiger partial charge in [-0.3, -0.25) is 4.98 Å². The molecule has 0 aliphatic rings. The quantitative estimate of drug-likeness (QED) is 0.660. The van der Waals surface area contributed by atoms with Gasteiger partial charge in [-0.1, -0.05) is 0 Å². The number of aromatic hydroxyl groups is 1. The summed E-state index contributed by atoms with van der Waals surface area (Å²) in [6.07, 6.45) is 1.96. The number of methoxy groups -OCH3 is 1. The van der Waals surface area contributed by atoms with E-state index < -0.39 is 23.3 Å². The summed E-state index contributed by atoms with van der Waals surface area (Å²) in [6.45, 7) is 0. The number of aromatic nitrogens is 1. The van der Waals surface area contributed by atoms with E-state index in [0.29, 0.717) is 0 Å². The summed E-state index contributed by atoms with van der Waals surface area (Å²) >= 11 is 0. The SMILES string of the molecule is COC(=O)c1cncc(O)c1C(=O)O. The molecule has 74 valence electrons.